The van der Waals surface area contributed by atoms with Gasteiger partial charge in [0.1, 0.15) is 0 Å². The fraction of sp³-hybridized carbons (Fsp3) is 0.0196. The maximum Gasteiger partial charge on any atom is 0.0726 e. The van der Waals surface area contributed by atoms with Crippen molar-refractivity contribution in [3.63, 3.8) is 0 Å². The van der Waals surface area contributed by atoms with Gasteiger partial charge in [0.2, 0.25) is 0 Å². The summed E-state index contributed by atoms with van der Waals surface area (Å²) >= 11 is 0. The minimum absolute atomic E-state index is 0.386. The molecule has 0 aromatic heterocycles. The van der Waals surface area contributed by atoms with Gasteiger partial charge in [0.25, 0.3) is 0 Å². The fourth-order valence-corrected chi connectivity index (χ4v) is 9.31. The largest absolute Gasteiger partial charge is 0.310 e. The Morgan fingerprint density at radius 1 is 0.327 bits per heavy atom. The molecule has 11 rings (SSSR count). The van der Waals surface area contributed by atoms with Crippen molar-refractivity contribution in [3.8, 4) is 33.4 Å². The molecule has 0 radical (unpaired) electrons. The first-order valence-electron chi connectivity index (χ1n) is 18.1. The molecule has 0 saturated heterocycles. The van der Waals surface area contributed by atoms with Crippen molar-refractivity contribution >= 4 is 38.6 Å². The molecule has 1 heteroatoms. The number of nitrogens with zero attached hydrogens (tertiary/aromatic N) is 1. The van der Waals surface area contributed by atoms with Gasteiger partial charge in [0.15, 0.2) is 0 Å². The summed E-state index contributed by atoms with van der Waals surface area (Å²) in [5.74, 6) is 0. The van der Waals surface area contributed by atoms with E-state index in [9.17, 15) is 0 Å². The maximum atomic E-state index is 2.44. The van der Waals surface area contributed by atoms with Crippen LogP contribution in [0.3, 0.4) is 0 Å². The quantitative estimate of drug-likeness (QED) is 0.170. The third-order valence-electron chi connectivity index (χ3n) is 11.5. The van der Waals surface area contributed by atoms with Gasteiger partial charge in [-0.05, 0) is 108 Å². The molecule has 9 aromatic carbocycles. The first kappa shape index (κ1) is 29.1. The van der Waals surface area contributed by atoms with Gasteiger partial charge in [-0.1, -0.05) is 164 Å². The molecule has 0 heterocycles. The summed E-state index contributed by atoms with van der Waals surface area (Å²) in [5, 5.41) is 5.12. The van der Waals surface area contributed by atoms with Crippen molar-refractivity contribution in [3.05, 3.63) is 222 Å². The van der Waals surface area contributed by atoms with Crippen molar-refractivity contribution in [1.29, 1.82) is 0 Å². The summed E-state index contributed by atoms with van der Waals surface area (Å²) in [6.07, 6.45) is 0. The number of benzene rings is 9. The molecule has 0 saturated carbocycles. The molecule has 0 unspecified atom stereocenters. The lowest BCUT2D eigenvalue weighted by Gasteiger charge is -2.31. The van der Waals surface area contributed by atoms with E-state index in [-0.39, 0.29) is 5.41 Å². The molecule has 0 aliphatic heterocycles. The fourth-order valence-electron chi connectivity index (χ4n) is 9.31. The highest BCUT2D eigenvalue weighted by atomic mass is 15.1. The van der Waals surface area contributed by atoms with Gasteiger partial charge in [0.05, 0.1) is 11.1 Å². The van der Waals surface area contributed by atoms with E-state index in [1.807, 2.05) is 0 Å². The van der Waals surface area contributed by atoms with Crippen LogP contribution in [0.2, 0.25) is 0 Å². The Bertz CT molecular complexity index is 2800. The predicted octanol–water partition coefficient (Wildman–Crippen LogP) is 13.5. The average Bonchev–Trinajstić information content (AvgIpc) is 3.69. The Morgan fingerprint density at radius 2 is 0.865 bits per heavy atom. The number of hydrogen-bond donors (Lipinski definition) is 0. The third-order valence-corrected chi connectivity index (χ3v) is 11.5. The predicted molar refractivity (Wildman–Crippen MR) is 218 cm³/mol. The van der Waals surface area contributed by atoms with Gasteiger partial charge >= 0.3 is 0 Å². The molecule has 1 spiro atoms. The van der Waals surface area contributed by atoms with E-state index in [4.69, 9.17) is 0 Å². The molecule has 0 fully saturated rings. The molecule has 2 aliphatic rings. The highest BCUT2D eigenvalue weighted by Gasteiger charge is 2.52. The van der Waals surface area contributed by atoms with E-state index in [0.29, 0.717) is 0 Å². The molecule has 9 aromatic rings. The van der Waals surface area contributed by atoms with Crippen LogP contribution in [-0.4, -0.2) is 0 Å². The lowest BCUT2D eigenvalue weighted by molar-refractivity contribution is 0.794. The zero-order chi connectivity index (χ0) is 34.2. The number of hydrogen-bond acceptors (Lipinski definition) is 1. The highest BCUT2D eigenvalue weighted by Crippen LogP contribution is 2.64. The topological polar surface area (TPSA) is 3.24 Å². The molecule has 0 atom stereocenters. The molecule has 242 valence electrons. The molecule has 0 amide bonds. The van der Waals surface area contributed by atoms with E-state index in [1.165, 1.54) is 82.9 Å². The number of anilines is 3. The van der Waals surface area contributed by atoms with E-state index in [2.05, 4.69) is 205 Å². The van der Waals surface area contributed by atoms with Crippen molar-refractivity contribution in [2.45, 2.75) is 5.41 Å². The third kappa shape index (κ3) is 3.99. The van der Waals surface area contributed by atoms with Crippen LogP contribution in [0.25, 0.3) is 54.9 Å². The van der Waals surface area contributed by atoms with Gasteiger partial charge in [-0.15, -0.1) is 0 Å². The first-order chi connectivity index (χ1) is 25.8. The second kappa shape index (κ2) is 11.2. The summed E-state index contributed by atoms with van der Waals surface area (Å²) in [6, 6.07) is 73.9. The normalized spacial score (nSPS) is 13.2. The standard InChI is InChI=1S/C51H33N/c1-2-14-38(15-3-1)52(39-30-27-34(28-31-39)36-29-32-41-37(33-36)26-25-35-13-4-5-16-40(35)41)49-24-12-23-48-50(49)44-19-8-11-22-47(44)51(48)45-20-9-6-17-42(45)43-18-7-10-21-46(43)51/h1-33H. The first-order valence-corrected chi connectivity index (χ1v) is 18.1. The van der Waals surface area contributed by atoms with Gasteiger partial charge in [-0.25, -0.2) is 0 Å². The van der Waals surface area contributed by atoms with Crippen molar-refractivity contribution in [2.24, 2.45) is 0 Å². The van der Waals surface area contributed by atoms with Crippen LogP contribution in [0.1, 0.15) is 22.3 Å². The van der Waals surface area contributed by atoms with Gasteiger partial charge in [0, 0.05) is 16.9 Å². The van der Waals surface area contributed by atoms with Crippen LogP contribution in [0, 0.1) is 0 Å². The zero-order valence-corrected chi connectivity index (χ0v) is 28.5. The Balaban J connectivity index is 1.10. The van der Waals surface area contributed by atoms with Gasteiger partial charge in [-0.2, -0.15) is 0 Å². The number of rotatable bonds is 4. The summed E-state index contributed by atoms with van der Waals surface area (Å²) in [4.78, 5) is 2.44. The summed E-state index contributed by atoms with van der Waals surface area (Å²) in [6.45, 7) is 0. The van der Waals surface area contributed by atoms with Crippen LogP contribution in [0.4, 0.5) is 17.1 Å². The Kier molecular flexibility index (Phi) is 6.23. The van der Waals surface area contributed by atoms with Crippen LogP contribution < -0.4 is 4.90 Å². The van der Waals surface area contributed by atoms with Crippen LogP contribution in [-0.2, 0) is 5.41 Å². The van der Waals surface area contributed by atoms with E-state index in [1.54, 1.807) is 0 Å². The molecule has 52 heavy (non-hydrogen) atoms. The van der Waals surface area contributed by atoms with Crippen molar-refractivity contribution < 1.29 is 0 Å². The monoisotopic (exact) mass is 659 g/mol. The van der Waals surface area contributed by atoms with Crippen molar-refractivity contribution in [1.82, 2.24) is 0 Å². The van der Waals surface area contributed by atoms with E-state index < -0.39 is 0 Å². The molecule has 0 N–H and O–H groups in total. The second-order valence-electron chi connectivity index (χ2n) is 14.0. The van der Waals surface area contributed by atoms with Crippen molar-refractivity contribution in [2.75, 3.05) is 4.90 Å². The van der Waals surface area contributed by atoms with Gasteiger partial charge < -0.3 is 4.90 Å². The number of fused-ring (bicyclic) bond motifs is 13. The molecule has 0 bridgehead atoms. The second-order valence-corrected chi connectivity index (χ2v) is 14.0. The summed E-state index contributed by atoms with van der Waals surface area (Å²) in [5.41, 5.74) is 16.1. The summed E-state index contributed by atoms with van der Waals surface area (Å²) < 4.78 is 0. The molecule has 1 nitrogen and oxygen atoms in total. The molecular weight excluding hydrogens is 627 g/mol. The minimum atomic E-state index is -0.386. The molecule has 2 aliphatic carbocycles. The lowest BCUT2D eigenvalue weighted by atomic mass is 9.70. The Morgan fingerprint density at radius 3 is 1.62 bits per heavy atom. The lowest BCUT2D eigenvalue weighted by Crippen LogP contribution is -2.26. The minimum Gasteiger partial charge on any atom is -0.310 e. The summed E-state index contributed by atoms with van der Waals surface area (Å²) in [7, 11) is 0. The Labute approximate surface area is 303 Å². The van der Waals surface area contributed by atoms with Gasteiger partial charge in [-0.3, -0.25) is 0 Å². The maximum absolute atomic E-state index is 2.44. The Hall–Kier alpha value is -6.70. The average molecular weight is 660 g/mol. The zero-order valence-electron chi connectivity index (χ0n) is 28.5. The van der Waals surface area contributed by atoms with E-state index >= 15 is 0 Å². The van der Waals surface area contributed by atoms with Crippen LogP contribution >= 0.6 is 0 Å². The smallest absolute Gasteiger partial charge is 0.0726 e. The van der Waals surface area contributed by atoms with E-state index in [0.717, 1.165) is 11.4 Å². The van der Waals surface area contributed by atoms with Crippen LogP contribution in [0.15, 0.2) is 200 Å². The SMILES string of the molecule is c1ccc(N(c2ccc(-c3ccc4c(ccc5ccccc54)c3)cc2)c2cccc3c2-c2ccccc2C32c3ccccc3-c3ccccc32)cc1. The highest BCUT2D eigenvalue weighted by molar-refractivity contribution is 6.08. The van der Waals surface area contributed by atoms with Crippen LogP contribution in [0.5, 0.6) is 0 Å². The molecular formula is C51H33N. The number of para-hydroxylation sites is 1.